The predicted molar refractivity (Wildman–Crippen MR) is 89.5 cm³/mol. The second kappa shape index (κ2) is 6.99. The summed E-state index contributed by atoms with van der Waals surface area (Å²) in [4.78, 5) is 22.7. The third-order valence-electron chi connectivity index (χ3n) is 2.79. The maximum Gasteiger partial charge on any atom is 0.412 e. The van der Waals surface area contributed by atoms with E-state index in [9.17, 15) is 14.9 Å². The predicted octanol–water partition coefficient (Wildman–Crippen LogP) is 4.73. The van der Waals surface area contributed by atoms with E-state index in [1.165, 1.54) is 12.1 Å². The number of rotatable bonds is 4. The lowest BCUT2D eigenvalue weighted by Gasteiger charge is -2.19. The van der Waals surface area contributed by atoms with Gasteiger partial charge in [-0.15, -0.1) is 0 Å². The van der Waals surface area contributed by atoms with Crippen LogP contribution in [0.15, 0.2) is 48.5 Å². The van der Waals surface area contributed by atoms with Crippen LogP contribution >= 0.6 is 0 Å². The van der Waals surface area contributed by atoms with Crippen molar-refractivity contribution in [2.24, 2.45) is 0 Å². The van der Waals surface area contributed by atoms with Gasteiger partial charge in [-0.25, -0.2) is 4.79 Å². The number of hydrogen-bond donors (Lipinski definition) is 1. The molecule has 2 rings (SSSR count). The molecule has 2 aromatic rings. The fourth-order valence-electron chi connectivity index (χ4n) is 1.92. The van der Waals surface area contributed by atoms with Crippen molar-refractivity contribution in [1.82, 2.24) is 0 Å². The zero-order valence-corrected chi connectivity index (χ0v) is 13.6. The van der Waals surface area contributed by atoms with Gasteiger partial charge in [-0.1, -0.05) is 24.3 Å². The first-order valence-corrected chi connectivity index (χ1v) is 7.26. The van der Waals surface area contributed by atoms with Crippen LogP contribution in [0.1, 0.15) is 20.8 Å². The monoisotopic (exact) mass is 330 g/mol. The van der Waals surface area contributed by atoms with Crippen molar-refractivity contribution < 1.29 is 19.2 Å². The summed E-state index contributed by atoms with van der Waals surface area (Å²) in [6, 6.07) is 13.1. The van der Waals surface area contributed by atoms with Crippen molar-refractivity contribution in [2.45, 2.75) is 26.4 Å². The first-order chi connectivity index (χ1) is 11.3. The number of nitro benzene ring substituents is 1. The number of anilines is 1. The topological polar surface area (TPSA) is 90.7 Å². The van der Waals surface area contributed by atoms with Gasteiger partial charge in [-0.2, -0.15) is 0 Å². The Hall–Kier alpha value is -3.09. The van der Waals surface area contributed by atoms with Gasteiger partial charge < -0.3 is 9.47 Å². The van der Waals surface area contributed by atoms with E-state index < -0.39 is 16.6 Å². The Morgan fingerprint density at radius 1 is 1.08 bits per heavy atom. The van der Waals surface area contributed by atoms with Crippen LogP contribution in [-0.2, 0) is 4.74 Å². The highest BCUT2D eigenvalue weighted by atomic mass is 16.6. The van der Waals surface area contributed by atoms with Crippen LogP contribution in [0.3, 0.4) is 0 Å². The van der Waals surface area contributed by atoms with Crippen molar-refractivity contribution in [3.8, 4) is 11.5 Å². The van der Waals surface area contributed by atoms with Crippen molar-refractivity contribution >= 4 is 17.5 Å². The first kappa shape index (κ1) is 17.3. The van der Waals surface area contributed by atoms with Crippen LogP contribution in [0, 0.1) is 10.1 Å². The molecule has 7 nitrogen and oxygen atoms in total. The maximum atomic E-state index is 11.9. The van der Waals surface area contributed by atoms with Crippen molar-refractivity contribution in [3.63, 3.8) is 0 Å². The van der Waals surface area contributed by atoms with E-state index >= 15 is 0 Å². The molecule has 0 aliphatic heterocycles. The van der Waals surface area contributed by atoms with E-state index in [0.29, 0.717) is 5.75 Å². The standard InChI is InChI=1S/C17H18N2O5/c1-17(2,3)24-16(20)18-13-10-7-11-14(15(13)19(21)22)23-12-8-5-4-6-9-12/h4-11H,1-3H3,(H,18,20). The molecule has 0 saturated carbocycles. The molecular weight excluding hydrogens is 312 g/mol. The van der Waals surface area contributed by atoms with E-state index in [4.69, 9.17) is 9.47 Å². The Morgan fingerprint density at radius 3 is 2.33 bits per heavy atom. The molecule has 0 heterocycles. The smallest absolute Gasteiger partial charge is 0.412 e. The molecule has 1 amide bonds. The SMILES string of the molecule is CC(C)(C)OC(=O)Nc1cccc(Oc2ccccc2)c1[N+](=O)[O-]. The molecule has 0 aliphatic rings. The quantitative estimate of drug-likeness (QED) is 0.646. The van der Waals surface area contributed by atoms with E-state index in [2.05, 4.69) is 5.32 Å². The van der Waals surface area contributed by atoms with Crippen molar-refractivity contribution in [3.05, 3.63) is 58.6 Å². The number of carbonyl (C=O) groups is 1. The molecule has 2 aromatic carbocycles. The zero-order chi connectivity index (χ0) is 17.7. The third-order valence-corrected chi connectivity index (χ3v) is 2.79. The Bertz CT molecular complexity index is 738. The number of nitro groups is 1. The summed E-state index contributed by atoms with van der Waals surface area (Å²) in [6.45, 7) is 5.11. The molecule has 7 heteroatoms. The molecule has 1 N–H and O–H groups in total. The van der Waals surface area contributed by atoms with Crippen LogP contribution in [-0.4, -0.2) is 16.6 Å². The number of carbonyl (C=O) groups excluding carboxylic acids is 1. The van der Waals surface area contributed by atoms with Crippen LogP contribution in [0.2, 0.25) is 0 Å². The fraction of sp³-hybridized carbons (Fsp3) is 0.235. The van der Waals surface area contributed by atoms with E-state index in [1.807, 2.05) is 6.07 Å². The average molecular weight is 330 g/mol. The molecule has 0 spiro atoms. The van der Waals surface area contributed by atoms with Gasteiger partial charge in [-0.05, 0) is 45.0 Å². The molecule has 0 fully saturated rings. The minimum atomic E-state index is -0.775. The number of hydrogen-bond acceptors (Lipinski definition) is 5. The van der Waals surface area contributed by atoms with E-state index in [-0.39, 0.29) is 17.1 Å². The normalized spacial score (nSPS) is 10.8. The minimum Gasteiger partial charge on any atom is -0.450 e. The number of para-hydroxylation sites is 2. The van der Waals surface area contributed by atoms with Gasteiger partial charge in [0.2, 0.25) is 5.75 Å². The van der Waals surface area contributed by atoms with Crippen LogP contribution in [0.25, 0.3) is 0 Å². The second-order valence-electron chi connectivity index (χ2n) is 5.95. The van der Waals surface area contributed by atoms with Crippen molar-refractivity contribution in [1.29, 1.82) is 0 Å². The van der Waals surface area contributed by atoms with Crippen LogP contribution in [0.5, 0.6) is 11.5 Å². The summed E-state index contributed by atoms with van der Waals surface area (Å²) >= 11 is 0. The van der Waals surface area contributed by atoms with Gasteiger partial charge in [0.1, 0.15) is 17.0 Å². The highest BCUT2D eigenvalue weighted by Crippen LogP contribution is 2.37. The van der Waals surface area contributed by atoms with Crippen molar-refractivity contribution in [2.75, 3.05) is 5.32 Å². The molecule has 0 unspecified atom stereocenters. The first-order valence-electron chi connectivity index (χ1n) is 7.26. The summed E-state index contributed by atoms with van der Waals surface area (Å²) < 4.78 is 10.7. The van der Waals surface area contributed by atoms with Gasteiger partial charge in [0.15, 0.2) is 0 Å². The molecule has 0 aromatic heterocycles. The molecule has 24 heavy (non-hydrogen) atoms. The Kier molecular flexibility index (Phi) is 5.03. The Morgan fingerprint density at radius 2 is 1.75 bits per heavy atom. The lowest BCUT2D eigenvalue weighted by molar-refractivity contribution is -0.384. The molecule has 0 bridgehead atoms. The number of nitrogens with one attached hydrogen (secondary N) is 1. The highest BCUT2D eigenvalue weighted by molar-refractivity contribution is 5.89. The summed E-state index contributed by atoms with van der Waals surface area (Å²) in [5.74, 6) is 0.481. The molecule has 0 radical (unpaired) electrons. The minimum absolute atomic E-state index is 0.00248. The van der Waals surface area contributed by atoms with Gasteiger partial charge >= 0.3 is 11.8 Å². The van der Waals surface area contributed by atoms with E-state index in [1.54, 1.807) is 51.1 Å². The number of ether oxygens (including phenoxy) is 2. The third kappa shape index (κ3) is 4.70. The van der Waals surface area contributed by atoms with Gasteiger partial charge in [0.05, 0.1) is 4.92 Å². The summed E-state index contributed by atoms with van der Waals surface area (Å²) in [5, 5.41) is 13.8. The Balaban J connectivity index is 2.30. The highest BCUT2D eigenvalue weighted by Gasteiger charge is 2.25. The summed E-state index contributed by atoms with van der Waals surface area (Å²) in [6.07, 6.45) is -0.775. The second-order valence-corrected chi connectivity index (χ2v) is 5.95. The van der Waals surface area contributed by atoms with E-state index in [0.717, 1.165) is 0 Å². The Labute approximate surface area is 139 Å². The average Bonchev–Trinajstić information content (AvgIpc) is 2.46. The lowest BCUT2D eigenvalue weighted by Crippen LogP contribution is -2.27. The van der Waals surface area contributed by atoms with Crippen LogP contribution in [0.4, 0.5) is 16.2 Å². The van der Waals surface area contributed by atoms with Gasteiger partial charge in [0.25, 0.3) is 0 Å². The number of benzene rings is 2. The molecule has 0 atom stereocenters. The number of amides is 1. The molecule has 126 valence electrons. The fourth-order valence-corrected chi connectivity index (χ4v) is 1.92. The summed E-state index contributed by atoms with van der Waals surface area (Å²) in [7, 11) is 0. The largest absolute Gasteiger partial charge is 0.450 e. The van der Waals surface area contributed by atoms with Crippen LogP contribution < -0.4 is 10.1 Å². The lowest BCUT2D eigenvalue weighted by atomic mass is 10.2. The number of nitrogens with zero attached hydrogens (tertiary/aromatic N) is 1. The summed E-state index contributed by atoms with van der Waals surface area (Å²) in [5.41, 5.74) is -1.05. The van der Waals surface area contributed by atoms with Gasteiger partial charge in [0, 0.05) is 0 Å². The molecule has 0 saturated heterocycles. The molecule has 0 aliphatic carbocycles. The molecular formula is C17H18N2O5. The van der Waals surface area contributed by atoms with Gasteiger partial charge in [-0.3, -0.25) is 15.4 Å². The zero-order valence-electron chi connectivity index (χ0n) is 13.6. The maximum absolute atomic E-state index is 11.9.